The number of allylic oxidation sites excluding steroid dienone is 1. The minimum atomic E-state index is -6.08. The van der Waals surface area contributed by atoms with Crippen molar-refractivity contribution in [3.05, 3.63) is 119 Å². The van der Waals surface area contributed by atoms with Crippen molar-refractivity contribution >= 4 is 72.2 Å². The molecule has 4 heterocycles. The van der Waals surface area contributed by atoms with Gasteiger partial charge in [-0.1, -0.05) is 54.4 Å². The molecule has 2 atom stereocenters. The van der Waals surface area contributed by atoms with Crippen LogP contribution in [0.2, 0.25) is 5.02 Å². The molecule has 4 fully saturated rings. The van der Waals surface area contributed by atoms with Gasteiger partial charge in [-0.05, 0) is 135 Å². The number of benzene rings is 4. The molecule has 0 bridgehead atoms. The van der Waals surface area contributed by atoms with Crippen LogP contribution < -0.4 is 14.9 Å². The molecule has 416 valence electrons. The summed E-state index contributed by atoms with van der Waals surface area (Å²) in [7, 11) is -11.0. The molecule has 1 aliphatic carbocycles. The van der Waals surface area contributed by atoms with Gasteiger partial charge in [0.15, 0.2) is 0 Å². The Bertz CT molecular complexity index is 2980. The number of piperidine rings is 1. The molecule has 1 spiro atoms. The maximum absolute atomic E-state index is 14.3. The second-order valence-electron chi connectivity index (χ2n) is 21.6. The smallest absolute Gasteiger partial charge is 0.465 e. The molecule has 22 heteroatoms. The van der Waals surface area contributed by atoms with Crippen LogP contribution in [-0.4, -0.2) is 169 Å². The van der Waals surface area contributed by atoms with Crippen LogP contribution in [0.3, 0.4) is 0 Å². The van der Waals surface area contributed by atoms with E-state index >= 15 is 0 Å². The maximum atomic E-state index is 14.3. The summed E-state index contributed by atoms with van der Waals surface area (Å²) in [5, 5.41) is 13.1. The van der Waals surface area contributed by atoms with Crippen LogP contribution >= 0.6 is 23.4 Å². The van der Waals surface area contributed by atoms with Gasteiger partial charge in [0.2, 0.25) is 0 Å². The van der Waals surface area contributed by atoms with Gasteiger partial charge in [0.1, 0.15) is 4.90 Å². The lowest BCUT2D eigenvalue weighted by molar-refractivity contribution is -0.0436. The van der Waals surface area contributed by atoms with E-state index in [1.165, 1.54) is 45.5 Å². The number of halogens is 4. The van der Waals surface area contributed by atoms with Crippen LogP contribution in [0, 0.1) is 10.8 Å². The van der Waals surface area contributed by atoms with Gasteiger partial charge in [0.05, 0.1) is 23.8 Å². The lowest BCUT2D eigenvalue weighted by Gasteiger charge is -2.53. The number of carboxylic acid groups (broad SMARTS) is 1. The van der Waals surface area contributed by atoms with E-state index in [0.29, 0.717) is 82.3 Å². The Hall–Kier alpha value is -4.87. The van der Waals surface area contributed by atoms with Crippen molar-refractivity contribution in [3.8, 4) is 0 Å². The summed E-state index contributed by atoms with van der Waals surface area (Å²) in [4.78, 5) is 34.7. The number of sulfone groups is 1. The number of carbonyl (C=O) groups excluding carboxylic acids is 1. The van der Waals surface area contributed by atoms with Gasteiger partial charge >= 0.3 is 11.6 Å². The standard InChI is InChI=1S/C55H67ClF3N7O8S3/c1-53(37-64-23-20-54(21-24-64)38-66(39-54)52(68)69)19-17-48(40-7-11-43(56)12-8-40)42(34-53)35-63-25-27-65(28-26-63)45-13-9-41(10-14-45)51(67)61-77(72,73)47-15-16-49(50(33-47)76(70,71)55(57,58)59)60-44(18-22-62-29-31-74-32-30-62)36-75-46-5-3-2-4-6-46/h2-16,33,44,60H,17-32,34-39H2,1H3,(H,61,67)(H,68,69). The van der Waals surface area contributed by atoms with Crippen molar-refractivity contribution < 1.29 is 49.4 Å². The summed E-state index contributed by atoms with van der Waals surface area (Å²) in [6.45, 7) is 13.3. The summed E-state index contributed by atoms with van der Waals surface area (Å²) >= 11 is 7.76. The van der Waals surface area contributed by atoms with Gasteiger partial charge in [-0.15, -0.1) is 11.8 Å². The molecule has 4 aromatic carbocycles. The maximum Gasteiger partial charge on any atom is 0.501 e. The first-order chi connectivity index (χ1) is 36.7. The number of likely N-dealkylation sites (tertiary alicyclic amines) is 2. The van der Waals surface area contributed by atoms with E-state index in [4.69, 9.17) is 16.3 Å². The Morgan fingerprint density at radius 2 is 1.49 bits per heavy atom. The topological polar surface area (TPSA) is 172 Å². The number of piperazine rings is 1. The number of thioether (sulfide) groups is 1. The molecule has 0 aromatic heterocycles. The first-order valence-electron chi connectivity index (χ1n) is 26.2. The van der Waals surface area contributed by atoms with E-state index in [-0.39, 0.29) is 16.4 Å². The van der Waals surface area contributed by atoms with E-state index in [1.807, 2.05) is 47.2 Å². The molecular weight excluding hydrogens is 1080 g/mol. The third-order valence-corrected chi connectivity index (χ3v) is 20.2. The van der Waals surface area contributed by atoms with Gasteiger partial charge in [-0.25, -0.2) is 26.4 Å². The highest BCUT2D eigenvalue weighted by atomic mass is 35.5. The van der Waals surface area contributed by atoms with Crippen molar-refractivity contribution in [2.45, 2.75) is 71.7 Å². The van der Waals surface area contributed by atoms with Crippen LogP contribution in [0.1, 0.15) is 61.4 Å². The number of hydrogen-bond acceptors (Lipinski definition) is 13. The first-order valence-corrected chi connectivity index (χ1v) is 30.5. The third kappa shape index (κ3) is 13.9. The predicted octanol–water partition coefficient (Wildman–Crippen LogP) is 8.89. The molecule has 4 aromatic rings. The molecule has 0 saturated carbocycles. The highest BCUT2D eigenvalue weighted by Gasteiger charge is 2.49. The molecule has 2 amide bonds. The summed E-state index contributed by atoms with van der Waals surface area (Å²) in [6, 6.07) is 25.8. The van der Waals surface area contributed by atoms with Crippen molar-refractivity contribution in [1.29, 1.82) is 0 Å². The zero-order valence-electron chi connectivity index (χ0n) is 43.1. The number of ether oxygens (including phenoxy) is 1. The molecule has 5 aliphatic rings. The molecule has 77 heavy (non-hydrogen) atoms. The third-order valence-electron chi connectivity index (χ3n) is 15.9. The Morgan fingerprint density at radius 1 is 0.818 bits per heavy atom. The zero-order chi connectivity index (χ0) is 54.6. The van der Waals surface area contributed by atoms with Gasteiger partial charge in [-0.3, -0.25) is 14.6 Å². The molecule has 4 aliphatic heterocycles. The fourth-order valence-electron chi connectivity index (χ4n) is 11.5. The first kappa shape index (κ1) is 56.8. The van der Waals surface area contributed by atoms with Crippen molar-refractivity contribution in [2.24, 2.45) is 10.8 Å². The van der Waals surface area contributed by atoms with Crippen molar-refractivity contribution in [3.63, 3.8) is 0 Å². The monoisotopic (exact) mass is 1140 g/mol. The number of rotatable bonds is 18. The summed E-state index contributed by atoms with van der Waals surface area (Å²) in [5.41, 5.74) is -1.18. The van der Waals surface area contributed by atoms with Gasteiger partial charge < -0.3 is 29.9 Å². The number of amides is 2. The van der Waals surface area contributed by atoms with Crippen molar-refractivity contribution in [2.75, 3.05) is 114 Å². The number of sulfonamides is 1. The Kier molecular flexibility index (Phi) is 17.6. The highest BCUT2D eigenvalue weighted by molar-refractivity contribution is 7.99. The quantitative estimate of drug-likeness (QED) is 0.0807. The van der Waals surface area contributed by atoms with Crippen LogP contribution in [-0.2, 0) is 24.6 Å². The fraction of sp³-hybridized carbons (Fsp3) is 0.491. The van der Waals surface area contributed by atoms with E-state index < -0.39 is 58.9 Å². The highest BCUT2D eigenvalue weighted by Crippen LogP contribution is 2.46. The summed E-state index contributed by atoms with van der Waals surface area (Å²) in [5.74, 6) is -0.679. The number of hydrogen-bond donors (Lipinski definition) is 3. The van der Waals surface area contributed by atoms with E-state index in [9.17, 15) is 44.7 Å². The van der Waals surface area contributed by atoms with E-state index in [2.05, 4.69) is 44.0 Å². The molecule has 4 saturated heterocycles. The van der Waals surface area contributed by atoms with Gasteiger partial charge in [-0.2, -0.15) is 13.2 Å². The number of nitrogens with zero attached hydrogens (tertiary/aromatic N) is 5. The normalized spacial score (nSPS) is 21.4. The lowest BCUT2D eigenvalue weighted by atomic mass is 9.69. The van der Waals surface area contributed by atoms with E-state index in [1.54, 1.807) is 12.1 Å². The predicted molar refractivity (Wildman–Crippen MR) is 294 cm³/mol. The molecule has 15 nitrogen and oxygen atoms in total. The molecular formula is C55H67ClF3N7O8S3. The van der Waals surface area contributed by atoms with Crippen LogP contribution in [0.15, 0.2) is 117 Å². The molecule has 0 radical (unpaired) electrons. The number of morpholine rings is 1. The molecule has 3 N–H and O–H groups in total. The number of alkyl halides is 3. The summed E-state index contributed by atoms with van der Waals surface area (Å²) < 4.78 is 104. The largest absolute Gasteiger partial charge is 0.501 e. The van der Waals surface area contributed by atoms with Crippen LogP contribution in [0.5, 0.6) is 0 Å². The van der Waals surface area contributed by atoms with Crippen LogP contribution in [0.25, 0.3) is 5.57 Å². The second kappa shape index (κ2) is 23.8. The van der Waals surface area contributed by atoms with Gasteiger partial charge in [0, 0.05) is 110 Å². The number of nitrogens with one attached hydrogen (secondary N) is 2. The average Bonchev–Trinajstić information content (AvgIpc) is 3.41. The average molecular weight is 1140 g/mol. The molecule has 2 unspecified atom stereocenters. The Balaban J connectivity index is 0.830. The minimum absolute atomic E-state index is 0.0182. The van der Waals surface area contributed by atoms with E-state index in [0.717, 1.165) is 94.1 Å². The fourth-order valence-corrected chi connectivity index (χ4v) is 14.6. The van der Waals surface area contributed by atoms with Crippen LogP contribution in [0.4, 0.5) is 29.3 Å². The lowest BCUT2D eigenvalue weighted by Crippen LogP contribution is -2.62. The van der Waals surface area contributed by atoms with Crippen molar-refractivity contribution in [1.82, 2.24) is 24.3 Å². The summed E-state index contributed by atoms with van der Waals surface area (Å²) in [6.07, 6.45) is 4.61. The number of anilines is 2. The second-order valence-corrected chi connectivity index (χ2v) is 26.7. The van der Waals surface area contributed by atoms with Gasteiger partial charge in [0.25, 0.3) is 25.8 Å². The Labute approximate surface area is 459 Å². The Morgan fingerprint density at radius 3 is 2.14 bits per heavy atom. The SMILES string of the molecule is CC1(CN2CCC3(CC2)CN(C(=O)O)C3)CCC(c2ccc(Cl)cc2)=C(CN2CCN(c3ccc(C(=O)NS(=O)(=O)c4ccc(NC(CCN5CCOCC5)CSc5ccccc5)c(S(=O)(=O)C(F)(F)F)c4)cc3)CC2)C1. The minimum Gasteiger partial charge on any atom is -0.465 e. The molecule has 9 rings (SSSR count). The number of carbonyl (C=O) groups is 2. The zero-order valence-corrected chi connectivity index (χ0v) is 46.4.